The Hall–Kier alpha value is -0.830. The molecule has 0 amide bonds. The molecule has 2 rings (SSSR count). The summed E-state index contributed by atoms with van der Waals surface area (Å²) in [6.07, 6.45) is 9.30. The maximum Gasteiger partial charge on any atom is 0.122 e. The summed E-state index contributed by atoms with van der Waals surface area (Å²) in [5, 5.41) is 3.59. The minimum atomic E-state index is 0.329. The van der Waals surface area contributed by atoms with Gasteiger partial charge in [0, 0.05) is 18.4 Å². The molecule has 1 aliphatic carbocycles. The van der Waals surface area contributed by atoms with Gasteiger partial charge in [0.15, 0.2) is 0 Å². The van der Waals surface area contributed by atoms with Crippen LogP contribution in [0, 0.1) is 5.92 Å². The van der Waals surface area contributed by atoms with Crippen molar-refractivity contribution < 1.29 is 0 Å². The predicted octanol–water partition coefficient (Wildman–Crippen LogP) is 2.64. The van der Waals surface area contributed by atoms with Crippen molar-refractivity contribution >= 4 is 0 Å². The highest BCUT2D eigenvalue weighted by molar-refractivity contribution is 4.94. The number of hydrogen-bond acceptors (Lipinski definition) is 2. The zero-order valence-corrected chi connectivity index (χ0v) is 9.66. The van der Waals surface area contributed by atoms with Crippen molar-refractivity contribution in [2.24, 2.45) is 5.92 Å². The normalized spacial score (nSPS) is 20.9. The van der Waals surface area contributed by atoms with Crippen molar-refractivity contribution in [3.05, 3.63) is 18.2 Å². The third-order valence-corrected chi connectivity index (χ3v) is 3.38. The first kappa shape index (κ1) is 10.7. The molecule has 1 aliphatic rings. The van der Waals surface area contributed by atoms with Crippen molar-refractivity contribution in [2.75, 3.05) is 0 Å². The van der Waals surface area contributed by atoms with E-state index in [-0.39, 0.29) is 0 Å². The fraction of sp³-hybridized carbons (Fsp3) is 0.750. The summed E-state index contributed by atoms with van der Waals surface area (Å²) in [5.74, 6) is 2.01. The van der Waals surface area contributed by atoms with Gasteiger partial charge in [-0.25, -0.2) is 4.98 Å². The molecule has 0 saturated heterocycles. The van der Waals surface area contributed by atoms with Gasteiger partial charge in [0.05, 0.1) is 6.04 Å². The molecule has 2 atom stereocenters. The molecule has 84 valence electrons. The lowest BCUT2D eigenvalue weighted by Crippen LogP contribution is -2.32. The van der Waals surface area contributed by atoms with Crippen LogP contribution >= 0.6 is 0 Å². The number of H-pyrrole nitrogens is 1. The van der Waals surface area contributed by atoms with Gasteiger partial charge < -0.3 is 10.3 Å². The molecule has 0 aliphatic heterocycles. The standard InChI is InChI=1S/C12H21N3/c1-9(8-11-4-3-5-11)15-10(2)12-13-6-7-14-12/h6-7,9-11,15H,3-5,8H2,1-2H3,(H,13,14). The van der Waals surface area contributed by atoms with Crippen molar-refractivity contribution in [3.8, 4) is 0 Å². The monoisotopic (exact) mass is 207 g/mol. The van der Waals surface area contributed by atoms with Crippen molar-refractivity contribution in [1.82, 2.24) is 15.3 Å². The zero-order chi connectivity index (χ0) is 10.7. The molecule has 0 radical (unpaired) electrons. The Balaban J connectivity index is 1.75. The lowest BCUT2D eigenvalue weighted by Gasteiger charge is -2.29. The summed E-state index contributed by atoms with van der Waals surface area (Å²) < 4.78 is 0. The zero-order valence-electron chi connectivity index (χ0n) is 9.66. The van der Waals surface area contributed by atoms with E-state index in [1.54, 1.807) is 0 Å². The van der Waals surface area contributed by atoms with Gasteiger partial charge in [-0.3, -0.25) is 0 Å². The number of hydrogen-bond donors (Lipinski definition) is 2. The summed E-state index contributed by atoms with van der Waals surface area (Å²) in [6, 6.07) is 0.922. The topological polar surface area (TPSA) is 40.7 Å². The molecule has 0 aromatic carbocycles. The summed E-state index contributed by atoms with van der Waals surface area (Å²) in [4.78, 5) is 7.41. The third-order valence-electron chi connectivity index (χ3n) is 3.38. The Bertz CT molecular complexity index is 277. The number of aromatic nitrogens is 2. The van der Waals surface area contributed by atoms with Crippen molar-refractivity contribution in [1.29, 1.82) is 0 Å². The second-order valence-corrected chi connectivity index (χ2v) is 4.80. The fourth-order valence-corrected chi connectivity index (χ4v) is 2.32. The molecule has 0 bridgehead atoms. The number of imidazole rings is 1. The highest BCUT2D eigenvalue weighted by Gasteiger charge is 2.21. The van der Waals surface area contributed by atoms with Crippen LogP contribution in [-0.4, -0.2) is 16.0 Å². The van der Waals surface area contributed by atoms with Gasteiger partial charge in [-0.15, -0.1) is 0 Å². The molecule has 2 N–H and O–H groups in total. The van der Waals surface area contributed by atoms with Crippen molar-refractivity contribution in [3.63, 3.8) is 0 Å². The van der Waals surface area contributed by atoms with E-state index in [2.05, 4.69) is 29.1 Å². The van der Waals surface area contributed by atoms with E-state index >= 15 is 0 Å². The molecule has 1 fully saturated rings. The average Bonchev–Trinajstić information content (AvgIpc) is 2.64. The highest BCUT2D eigenvalue weighted by atomic mass is 15.0. The summed E-state index contributed by atoms with van der Waals surface area (Å²) in [6.45, 7) is 4.44. The van der Waals surface area contributed by atoms with Gasteiger partial charge >= 0.3 is 0 Å². The van der Waals surface area contributed by atoms with Crippen LogP contribution < -0.4 is 5.32 Å². The Kier molecular flexibility index (Phi) is 3.41. The molecular weight excluding hydrogens is 186 g/mol. The maximum atomic E-state index is 4.26. The van der Waals surface area contributed by atoms with Crippen LogP contribution in [0.1, 0.15) is 51.4 Å². The molecule has 1 aromatic rings. The van der Waals surface area contributed by atoms with Crippen LogP contribution in [0.2, 0.25) is 0 Å². The summed E-state index contributed by atoms with van der Waals surface area (Å²) in [7, 11) is 0. The number of rotatable bonds is 5. The minimum absolute atomic E-state index is 0.329. The molecule has 3 nitrogen and oxygen atoms in total. The molecule has 2 unspecified atom stereocenters. The van der Waals surface area contributed by atoms with Crippen LogP contribution in [0.15, 0.2) is 12.4 Å². The van der Waals surface area contributed by atoms with E-state index in [4.69, 9.17) is 0 Å². The van der Waals surface area contributed by atoms with Gasteiger partial charge in [0.25, 0.3) is 0 Å². The van der Waals surface area contributed by atoms with Gasteiger partial charge in [0.1, 0.15) is 5.82 Å². The SMILES string of the molecule is CC(CC1CCC1)NC(C)c1ncc[nH]1. The second-order valence-electron chi connectivity index (χ2n) is 4.80. The van der Waals surface area contributed by atoms with E-state index < -0.39 is 0 Å². The number of nitrogens with zero attached hydrogens (tertiary/aromatic N) is 1. The van der Waals surface area contributed by atoms with Crippen LogP contribution in [0.3, 0.4) is 0 Å². The van der Waals surface area contributed by atoms with Gasteiger partial charge in [-0.1, -0.05) is 19.3 Å². The molecule has 3 heteroatoms. The lowest BCUT2D eigenvalue weighted by atomic mass is 9.81. The summed E-state index contributed by atoms with van der Waals surface area (Å²) in [5.41, 5.74) is 0. The molecule has 1 saturated carbocycles. The molecule has 0 spiro atoms. The first-order valence-electron chi connectivity index (χ1n) is 6.01. The van der Waals surface area contributed by atoms with E-state index in [0.29, 0.717) is 12.1 Å². The van der Waals surface area contributed by atoms with Crippen LogP contribution in [0.5, 0.6) is 0 Å². The van der Waals surface area contributed by atoms with Crippen LogP contribution in [0.25, 0.3) is 0 Å². The first-order valence-corrected chi connectivity index (χ1v) is 6.01. The smallest absolute Gasteiger partial charge is 0.122 e. The average molecular weight is 207 g/mol. The number of nitrogens with one attached hydrogen (secondary N) is 2. The second kappa shape index (κ2) is 4.79. The Labute approximate surface area is 91.7 Å². The van der Waals surface area contributed by atoms with Gasteiger partial charge in [0.2, 0.25) is 0 Å². The van der Waals surface area contributed by atoms with E-state index in [1.165, 1.54) is 25.7 Å². The molecule has 15 heavy (non-hydrogen) atoms. The maximum absolute atomic E-state index is 4.26. The quantitative estimate of drug-likeness (QED) is 0.779. The number of aromatic amines is 1. The molecule has 1 heterocycles. The highest BCUT2D eigenvalue weighted by Crippen LogP contribution is 2.30. The Morgan fingerprint density at radius 2 is 2.33 bits per heavy atom. The largest absolute Gasteiger partial charge is 0.347 e. The van der Waals surface area contributed by atoms with Crippen LogP contribution in [0.4, 0.5) is 0 Å². The lowest BCUT2D eigenvalue weighted by molar-refractivity contribution is 0.258. The van der Waals surface area contributed by atoms with E-state index in [0.717, 1.165) is 11.7 Å². The van der Waals surface area contributed by atoms with Gasteiger partial charge in [-0.2, -0.15) is 0 Å². The van der Waals surface area contributed by atoms with Crippen molar-refractivity contribution in [2.45, 2.75) is 51.6 Å². The first-order chi connectivity index (χ1) is 7.25. The predicted molar refractivity (Wildman–Crippen MR) is 61.6 cm³/mol. The van der Waals surface area contributed by atoms with E-state index in [9.17, 15) is 0 Å². The molecular formula is C12H21N3. The Morgan fingerprint density at radius 1 is 1.53 bits per heavy atom. The molecule has 1 aromatic heterocycles. The van der Waals surface area contributed by atoms with Gasteiger partial charge in [-0.05, 0) is 26.2 Å². The summed E-state index contributed by atoms with van der Waals surface area (Å²) >= 11 is 0. The third kappa shape index (κ3) is 2.81. The van der Waals surface area contributed by atoms with Crippen LogP contribution in [-0.2, 0) is 0 Å². The Morgan fingerprint density at radius 3 is 2.87 bits per heavy atom. The fourth-order valence-electron chi connectivity index (χ4n) is 2.32. The minimum Gasteiger partial charge on any atom is -0.347 e. The van der Waals surface area contributed by atoms with E-state index in [1.807, 2.05) is 12.4 Å².